The highest BCUT2D eigenvalue weighted by atomic mass is 19.4. The van der Waals surface area contributed by atoms with Crippen LogP contribution in [-0.2, 0) is 22.4 Å². The Labute approximate surface area is 149 Å². The zero-order valence-corrected chi connectivity index (χ0v) is 14.2. The first kappa shape index (κ1) is 19.5. The minimum absolute atomic E-state index is 0.236. The Balaban J connectivity index is 1.91. The molecule has 0 spiro atoms. The number of hydrogen-bond donors (Lipinski definition) is 1. The van der Waals surface area contributed by atoms with Crippen molar-refractivity contribution in [2.75, 3.05) is 0 Å². The topological polar surface area (TPSA) is 50.7 Å². The lowest BCUT2D eigenvalue weighted by Crippen LogP contribution is -2.34. The van der Waals surface area contributed by atoms with Crippen LogP contribution in [0.2, 0.25) is 0 Å². The third kappa shape index (κ3) is 5.91. The monoisotopic (exact) mass is 364 g/mol. The molecule has 2 aromatic rings. The van der Waals surface area contributed by atoms with Gasteiger partial charge in [0.2, 0.25) is 6.10 Å². The van der Waals surface area contributed by atoms with E-state index in [1.807, 2.05) is 30.3 Å². The maximum atomic E-state index is 12.7. The van der Waals surface area contributed by atoms with Crippen LogP contribution in [0.5, 0.6) is 0 Å². The quantitative estimate of drug-likeness (QED) is 0.593. The Morgan fingerprint density at radius 2 is 1.92 bits per heavy atom. The standard InChI is InChI=1S/C19H19F3N2O2/c1-2-17(18(25)23-12-14-7-4-3-5-8-14)26-24-13-15-9-6-10-16(11-15)19(20,21)22/h3-11,13,17H,2,12H2,1H3,(H,23,25)/b24-13+. The van der Waals surface area contributed by atoms with Gasteiger partial charge >= 0.3 is 6.18 Å². The van der Waals surface area contributed by atoms with Crippen LogP contribution in [0.25, 0.3) is 0 Å². The van der Waals surface area contributed by atoms with Crippen LogP contribution in [-0.4, -0.2) is 18.2 Å². The van der Waals surface area contributed by atoms with Gasteiger partial charge in [-0.05, 0) is 29.7 Å². The van der Waals surface area contributed by atoms with E-state index >= 15 is 0 Å². The maximum Gasteiger partial charge on any atom is 0.416 e. The number of oxime groups is 1. The van der Waals surface area contributed by atoms with Gasteiger partial charge in [-0.3, -0.25) is 4.79 Å². The molecule has 0 aromatic heterocycles. The fourth-order valence-electron chi connectivity index (χ4n) is 2.17. The van der Waals surface area contributed by atoms with Crippen molar-refractivity contribution in [3.05, 3.63) is 71.3 Å². The van der Waals surface area contributed by atoms with Gasteiger partial charge in [-0.15, -0.1) is 0 Å². The lowest BCUT2D eigenvalue weighted by molar-refractivity contribution is -0.137. The molecule has 7 heteroatoms. The lowest BCUT2D eigenvalue weighted by Gasteiger charge is -2.13. The molecule has 2 rings (SSSR count). The number of hydrogen-bond acceptors (Lipinski definition) is 3. The van der Waals surface area contributed by atoms with Gasteiger partial charge in [0.15, 0.2) is 0 Å². The van der Waals surface area contributed by atoms with Crippen LogP contribution in [0.1, 0.15) is 30.0 Å². The van der Waals surface area contributed by atoms with Gasteiger partial charge in [0.05, 0.1) is 11.8 Å². The number of halogens is 3. The molecule has 0 fully saturated rings. The van der Waals surface area contributed by atoms with Gasteiger partial charge in [-0.25, -0.2) is 0 Å². The number of carbonyl (C=O) groups is 1. The van der Waals surface area contributed by atoms with E-state index in [0.717, 1.165) is 23.9 Å². The maximum absolute atomic E-state index is 12.7. The summed E-state index contributed by atoms with van der Waals surface area (Å²) in [5.41, 5.74) is 0.414. The predicted octanol–water partition coefficient (Wildman–Crippen LogP) is 4.15. The van der Waals surface area contributed by atoms with Gasteiger partial charge in [0.1, 0.15) is 0 Å². The third-order valence-corrected chi connectivity index (χ3v) is 3.58. The molecule has 0 aliphatic heterocycles. The van der Waals surface area contributed by atoms with Crippen molar-refractivity contribution in [3.63, 3.8) is 0 Å². The van der Waals surface area contributed by atoms with E-state index < -0.39 is 17.8 Å². The van der Waals surface area contributed by atoms with Crippen molar-refractivity contribution in [2.45, 2.75) is 32.2 Å². The Kier molecular flexibility index (Phi) is 6.77. The van der Waals surface area contributed by atoms with Crippen molar-refractivity contribution in [3.8, 4) is 0 Å². The first-order valence-electron chi connectivity index (χ1n) is 8.08. The Morgan fingerprint density at radius 3 is 2.58 bits per heavy atom. The van der Waals surface area contributed by atoms with Gasteiger partial charge in [-0.1, -0.05) is 54.5 Å². The molecular weight excluding hydrogens is 345 g/mol. The second-order valence-corrected chi connectivity index (χ2v) is 5.56. The second-order valence-electron chi connectivity index (χ2n) is 5.56. The van der Waals surface area contributed by atoms with Crippen LogP contribution in [0.3, 0.4) is 0 Å². The summed E-state index contributed by atoms with van der Waals surface area (Å²) in [6, 6.07) is 14.1. The molecule has 0 radical (unpaired) electrons. The summed E-state index contributed by atoms with van der Waals surface area (Å²) in [5, 5.41) is 6.40. The number of rotatable bonds is 7. The highest BCUT2D eigenvalue weighted by Gasteiger charge is 2.30. The number of alkyl halides is 3. The number of amides is 1. The normalized spacial score (nSPS) is 12.8. The molecule has 138 valence electrons. The van der Waals surface area contributed by atoms with Crippen LogP contribution >= 0.6 is 0 Å². The van der Waals surface area contributed by atoms with E-state index in [1.54, 1.807) is 6.92 Å². The summed E-state index contributed by atoms with van der Waals surface area (Å²) >= 11 is 0. The fourth-order valence-corrected chi connectivity index (χ4v) is 2.17. The van der Waals surface area contributed by atoms with Gasteiger partial charge in [-0.2, -0.15) is 13.2 Å². The van der Waals surface area contributed by atoms with E-state index in [1.165, 1.54) is 12.1 Å². The van der Waals surface area contributed by atoms with Gasteiger partial charge < -0.3 is 10.2 Å². The first-order chi connectivity index (χ1) is 12.4. The zero-order valence-electron chi connectivity index (χ0n) is 14.2. The van der Waals surface area contributed by atoms with Crippen LogP contribution in [0, 0.1) is 0 Å². The Morgan fingerprint density at radius 1 is 1.19 bits per heavy atom. The second kappa shape index (κ2) is 9.03. The minimum Gasteiger partial charge on any atom is -0.382 e. The van der Waals surface area contributed by atoms with Crippen LogP contribution in [0.15, 0.2) is 59.8 Å². The lowest BCUT2D eigenvalue weighted by atomic mass is 10.1. The third-order valence-electron chi connectivity index (χ3n) is 3.58. The van der Waals surface area contributed by atoms with E-state index in [9.17, 15) is 18.0 Å². The molecular formula is C19H19F3N2O2. The summed E-state index contributed by atoms with van der Waals surface area (Å²) < 4.78 is 38.0. The van der Waals surface area contributed by atoms with Crippen LogP contribution < -0.4 is 5.32 Å². The van der Waals surface area contributed by atoms with Crippen molar-refractivity contribution in [1.29, 1.82) is 0 Å². The highest BCUT2D eigenvalue weighted by Crippen LogP contribution is 2.29. The first-order valence-corrected chi connectivity index (χ1v) is 8.08. The molecule has 0 saturated carbocycles. The van der Waals surface area contributed by atoms with E-state index in [-0.39, 0.29) is 11.5 Å². The molecule has 0 bridgehead atoms. The molecule has 1 atom stereocenters. The van der Waals surface area contributed by atoms with Crippen LogP contribution in [0.4, 0.5) is 13.2 Å². The summed E-state index contributed by atoms with van der Waals surface area (Å²) in [4.78, 5) is 17.3. The molecule has 26 heavy (non-hydrogen) atoms. The van der Waals surface area contributed by atoms with Crippen molar-refractivity contribution in [2.24, 2.45) is 5.16 Å². The fraction of sp³-hybridized carbons (Fsp3) is 0.263. The van der Waals surface area contributed by atoms with Crippen molar-refractivity contribution >= 4 is 12.1 Å². The Bertz CT molecular complexity index is 746. The number of nitrogens with one attached hydrogen (secondary N) is 1. The van der Waals surface area contributed by atoms with E-state index in [2.05, 4.69) is 10.5 Å². The average Bonchev–Trinajstić information content (AvgIpc) is 2.64. The van der Waals surface area contributed by atoms with E-state index in [0.29, 0.717) is 13.0 Å². The predicted molar refractivity (Wildman–Crippen MR) is 92.5 cm³/mol. The summed E-state index contributed by atoms with van der Waals surface area (Å²) in [6.07, 6.45) is -3.71. The molecule has 2 aromatic carbocycles. The SMILES string of the molecule is CCC(O/N=C/c1cccc(C(F)(F)F)c1)C(=O)NCc1ccccc1. The smallest absolute Gasteiger partial charge is 0.382 e. The molecule has 4 nitrogen and oxygen atoms in total. The molecule has 0 aliphatic carbocycles. The average molecular weight is 364 g/mol. The summed E-state index contributed by atoms with van der Waals surface area (Å²) in [6.45, 7) is 2.11. The molecule has 1 N–H and O–H groups in total. The molecule has 1 unspecified atom stereocenters. The highest BCUT2D eigenvalue weighted by molar-refractivity contribution is 5.81. The minimum atomic E-state index is -4.42. The van der Waals surface area contributed by atoms with Crippen molar-refractivity contribution < 1.29 is 22.8 Å². The molecule has 1 amide bonds. The molecule has 0 saturated heterocycles. The summed E-state index contributed by atoms with van der Waals surface area (Å²) in [5.74, 6) is -0.336. The zero-order chi connectivity index (χ0) is 19.0. The Hall–Kier alpha value is -2.83. The largest absolute Gasteiger partial charge is 0.416 e. The number of benzene rings is 2. The van der Waals surface area contributed by atoms with Gasteiger partial charge in [0.25, 0.3) is 5.91 Å². The van der Waals surface area contributed by atoms with E-state index in [4.69, 9.17) is 4.84 Å². The number of carbonyl (C=O) groups excluding carboxylic acids is 1. The summed E-state index contributed by atoms with van der Waals surface area (Å²) in [7, 11) is 0. The van der Waals surface area contributed by atoms with Crippen molar-refractivity contribution in [1.82, 2.24) is 5.32 Å². The van der Waals surface area contributed by atoms with Gasteiger partial charge in [0, 0.05) is 6.54 Å². The number of nitrogens with zero attached hydrogens (tertiary/aromatic N) is 1. The molecule has 0 aliphatic rings. The molecule has 0 heterocycles.